The van der Waals surface area contributed by atoms with Crippen LogP contribution in [-0.2, 0) is 4.79 Å². The standard InChI is InChI=1S/C15H22N2O3/c1-4-20-13-8-6-5-7-12(13)15(19)17-10-14(18)16-9-11(2)3/h5-8,11H,4,9-10H2,1-3H3,(H,16,18)(H,17,19). The van der Waals surface area contributed by atoms with E-state index in [1.165, 1.54) is 0 Å². The quantitative estimate of drug-likeness (QED) is 0.796. The number of ether oxygens (including phenoxy) is 1. The maximum atomic E-state index is 12.0. The third-order valence-corrected chi connectivity index (χ3v) is 2.55. The Kier molecular flexibility index (Phi) is 6.56. The van der Waals surface area contributed by atoms with Crippen molar-refractivity contribution in [2.75, 3.05) is 19.7 Å². The normalized spacial score (nSPS) is 10.2. The molecule has 0 spiro atoms. The Morgan fingerprint density at radius 3 is 2.55 bits per heavy atom. The third kappa shape index (κ3) is 5.30. The van der Waals surface area contributed by atoms with Crippen molar-refractivity contribution in [1.29, 1.82) is 0 Å². The molecule has 0 unspecified atom stereocenters. The molecule has 1 aromatic carbocycles. The minimum atomic E-state index is -0.311. The number of carbonyl (C=O) groups excluding carboxylic acids is 2. The van der Waals surface area contributed by atoms with Crippen LogP contribution in [0.15, 0.2) is 24.3 Å². The number of nitrogens with one attached hydrogen (secondary N) is 2. The molecule has 1 aromatic rings. The van der Waals surface area contributed by atoms with Crippen LogP contribution in [0.3, 0.4) is 0 Å². The minimum absolute atomic E-state index is 0.0357. The zero-order valence-corrected chi connectivity index (χ0v) is 12.2. The molecule has 0 radical (unpaired) electrons. The summed E-state index contributed by atoms with van der Waals surface area (Å²) in [5.74, 6) is 0.401. The highest BCUT2D eigenvalue weighted by molar-refractivity contribution is 5.98. The molecule has 20 heavy (non-hydrogen) atoms. The van der Waals surface area contributed by atoms with Gasteiger partial charge in [-0.3, -0.25) is 9.59 Å². The predicted molar refractivity (Wildman–Crippen MR) is 77.8 cm³/mol. The number of benzene rings is 1. The molecule has 0 fully saturated rings. The summed E-state index contributed by atoms with van der Waals surface area (Å²) in [5, 5.41) is 5.33. The van der Waals surface area contributed by atoms with Gasteiger partial charge in [0.15, 0.2) is 0 Å². The first kappa shape index (κ1) is 16.0. The molecule has 0 saturated heterocycles. The molecule has 110 valence electrons. The second-order valence-corrected chi connectivity index (χ2v) is 4.81. The number of para-hydroxylation sites is 1. The molecular weight excluding hydrogens is 256 g/mol. The molecule has 5 nitrogen and oxygen atoms in total. The molecule has 0 aliphatic heterocycles. The van der Waals surface area contributed by atoms with E-state index in [1.807, 2.05) is 20.8 Å². The topological polar surface area (TPSA) is 67.4 Å². The van der Waals surface area contributed by atoms with E-state index in [9.17, 15) is 9.59 Å². The summed E-state index contributed by atoms with van der Waals surface area (Å²) < 4.78 is 5.38. The Morgan fingerprint density at radius 2 is 1.90 bits per heavy atom. The van der Waals surface area contributed by atoms with Crippen molar-refractivity contribution in [3.05, 3.63) is 29.8 Å². The second-order valence-electron chi connectivity index (χ2n) is 4.81. The molecule has 0 heterocycles. The summed E-state index contributed by atoms with van der Waals surface area (Å²) in [6.07, 6.45) is 0. The average molecular weight is 278 g/mol. The number of amides is 2. The fraction of sp³-hybridized carbons (Fsp3) is 0.467. The first-order valence-corrected chi connectivity index (χ1v) is 6.81. The zero-order chi connectivity index (χ0) is 15.0. The van der Waals surface area contributed by atoms with Crippen molar-refractivity contribution in [2.45, 2.75) is 20.8 Å². The summed E-state index contributed by atoms with van der Waals surface area (Å²) in [5.41, 5.74) is 0.436. The summed E-state index contributed by atoms with van der Waals surface area (Å²) in [6.45, 7) is 6.93. The van der Waals surface area contributed by atoms with Crippen molar-refractivity contribution < 1.29 is 14.3 Å². The molecular formula is C15H22N2O3. The first-order chi connectivity index (χ1) is 9.54. The van der Waals surface area contributed by atoms with Crippen molar-refractivity contribution in [3.63, 3.8) is 0 Å². The molecule has 0 atom stereocenters. The van der Waals surface area contributed by atoms with Crippen LogP contribution in [0, 0.1) is 5.92 Å². The molecule has 5 heteroatoms. The predicted octanol–water partition coefficient (Wildman–Crippen LogP) is 1.59. The number of carbonyl (C=O) groups is 2. The maximum Gasteiger partial charge on any atom is 0.255 e. The molecule has 0 bridgehead atoms. The Labute approximate surface area is 119 Å². The average Bonchev–Trinajstić information content (AvgIpc) is 2.43. The SMILES string of the molecule is CCOc1ccccc1C(=O)NCC(=O)NCC(C)C. The molecule has 0 aliphatic rings. The van der Waals surface area contributed by atoms with Crippen LogP contribution < -0.4 is 15.4 Å². The second kappa shape index (κ2) is 8.19. The fourth-order valence-electron chi connectivity index (χ4n) is 1.57. The van der Waals surface area contributed by atoms with E-state index in [0.29, 0.717) is 30.4 Å². The smallest absolute Gasteiger partial charge is 0.255 e. The lowest BCUT2D eigenvalue weighted by Crippen LogP contribution is -2.38. The lowest BCUT2D eigenvalue weighted by molar-refractivity contribution is -0.120. The van der Waals surface area contributed by atoms with Crippen LogP contribution in [0.5, 0.6) is 5.75 Å². The van der Waals surface area contributed by atoms with Crippen molar-refractivity contribution >= 4 is 11.8 Å². The van der Waals surface area contributed by atoms with Gasteiger partial charge in [-0.1, -0.05) is 26.0 Å². The van der Waals surface area contributed by atoms with Crippen LogP contribution in [0.2, 0.25) is 0 Å². The van der Waals surface area contributed by atoms with E-state index in [-0.39, 0.29) is 18.4 Å². The Bertz CT molecular complexity index is 458. The van der Waals surface area contributed by atoms with Gasteiger partial charge in [-0.05, 0) is 25.0 Å². The van der Waals surface area contributed by atoms with Crippen LogP contribution in [0.1, 0.15) is 31.1 Å². The van der Waals surface area contributed by atoms with E-state index in [1.54, 1.807) is 24.3 Å². The summed E-state index contributed by atoms with van der Waals surface area (Å²) >= 11 is 0. The van der Waals surface area contributed by atoms with Crippen molar-refractivity contribution in [2.24, 2.45) is 5.92 Å². The van der Waals surface area contributed by atoms with Gasteiger partial charge in [0.25, 0.3) is 5.91 Å². The lowest BCUT2D eigenvalue weighted by Gasteiger charge is -2.11. The molecule has 0 saturated carbocycles. The number of hydrogen-bond acceptors (Lipinski definition) is 3. The molecule has 2 amide bonds. The van der Waals surface area contributed by atoms with E-state index < -0.39 is 0 Å². The van der Waals surface area contributed by atoms with Gasteiger partial charge in [0, 0.05) is 6.54 Å². The van der Waals surface area contributed by atoms with Crippen LogP contribution in [-0.4, -0.2) is 31.5 Å². The van der Waals surface area contributed by atoms with Crippen LogP contribution in [0.4, 0.5) is 0 Å². The zero-order valence-electron chi connectivity index (χ0n) is 12.2. The fourth-order valence-corrected chi connectivity index (χ4v) is 1.57. The van der Waals surface area contributed by atoms with Crippen molar-refractivity contribution in [3.8, 4) is 5.75 Å². The van der Waals surface area contributed by atoms with Crippen LogP contribution >= 0.6 is 0 Å². The molecule has 2 N–H and O–H groups in total. The highest BCUT2D eigenvalue weighted by Gasteiger charge is 2.12. The van der Waals surface area contributed by atoms with Gasteiger partial charge in [0.05, 0.1) is 18.7 Å². The van der Waals surface area contributed by atoms with Gasteiger partial charge in [-0.15, -0.1) is 0 Å². The summed E-state index contributed by atoms with van der Waals surface area (Å²) in [7, 11) is 0. The third-order valence-electron chi connectivity index (χ3n) is 2.55. The highest BCUT2D eigenvalue weighted by Crippen LogP contribution is 2.17. The monoisotopic (exact) mass is 278 g/mol. The summed E-state index contributed by atoms with van der Waals surface area (Å²) in [6, 6.07) is 6.97. The van der Waals surface area contributed by atoms with Gasteiger partial charge in [-0.25, -0.2) is 0 Å². The van der Waals surface area contributed by atoms with Gasteiger partial charge >= 0.3 is 0 Å². The Hall–Kier alpha value is -2.04. The van der Waals surface area contributed by atoms with Gasteiger partial charge in [0.1, 0.15) is 5.75 Å². The molecule has 0 aromatic heterocycles. The van der Waals surface area contributed by atoms with Gasteiger partial charge in [-0.2, -0.15) is 0 Å². The highest BCUT2D eigenvalue weighted by atomic mass is 16.5. The maximum absolute atomic E-state index is 12.0. The Morgan fingerprint density at radius 1 is 1.20 bits per heavy atom. The van der Waals surface area contributed by atoms with E-state index in [2.05, 4.69) is 10.6 Å². The van der Waals surface area contributed by atoms with E-state index in [4.69, 9.17) is 4.74 Å². The van der Waals surface area contributed by atoms with E-state index in [0.717, 1.165) is 0 Å². The number of rotatable bonds is 7. The van der Waals surface area contributed by atoms with Gasteiger partial charge in [0.2, 0.25) is 5.91 Å². The number of hydrogen-bond donors (Lipinski definition) is 2. The van der Waals surface area contributed by atoms with Crippen molar-refractivity contribution in [1.82, 2.24) is 10.6 Å². The lowest BCUT2D eigenvalue weighted by atomic mass is 10.2. The summed E-state index contributed by atoms with van der Waals surface area (Å²) in [4.78, 5) is 23.5. The first-order valence-electron chi connectivity index (χ1n) is 6.81. The van der Waals surface area contributed by atoms with E-state index >= 15 is 0 Å². The Balaban J connectivity index is 2.52. The van der Waals surface area contributed by atoms with Crippen LogP contribution in [0.25, 0.3) is 0 Å². The molecule has 0 aliphatic carbocycles. The molecule has 1 rings (SSSR count). The minimum Gasteiger partial charge on any atom is -0.493 e. The van der Waals surface area contributed by atoms with Gasteiger partial charge < -0.3 is 15.4 Å². The largest absolute Gasteiger partial charge is 0.493 e.